The number of anilines is 1. The van der Waals surface area contributed by atoms with Gasteiger partial charge in [-0.2, -0.15) is 0 Å². The molecule has 102 valence electrons. The van der Waals surface area contributed by atoms with Gasteiger partial charge >= 0.3 is 5.97 Å². The Balaban J connectivity index is 2.30. The van der Waals surface area contributed by atoms with E-state index >= 15 is 0 Å². The summed E-state index contributed by atoms with van der Waals surface area (Å²) in [6.45, 7) is 0. The lowest BCUT2D eigenvalue weighted by Crippen LogP contribution is -2.17. The summed E-state index contributed by atoms with van der Waals surface area (Å²) >= 11 is 0. The van der Waals surface area contributed by atoms with Crippen molar-refractivity contribution in [1.29, 1.82) is 0 Å². The topological polar surface area (TPSA) is 99.5 Å². The van der Waals surface area contributed by atoms with Gasteiger partial charge in [-0.3, -0.25) is 4.79 Å². The number of aromatic hydroxyl groups is 1. The monoisotopic (exact) mass is 276 g/mol. The highest BCUT2D eigenvalue weighted by Gasteiger charge is 2.17. The maximum absolute atomic E-state index is 13.5. The molecule has 2 aromatic rings. The minimum Gasteiger partial charge on any atom is -0.508 e. The highest BCUT2D eigenvalue weighted by Crippen LogP contribution is 2.17. The van der Waals surface area contributed by atoms with Gasteiger partial charge in [-0.1, -0.05) is 0 Å². The summed E-state index contributed by atoms with van der Waals surface area (Å²) in [5, 5.41) is 20.2. The second-order valence-corrected chi connectivity index (χ2v) is 3.82. The van der Waals surface area contributed by atoms with Gasteiger partial charge in [-0.25, -0.2) is 14.2 Å². The van der Waals surface area contributed by atoms with Gasteiger partial charge in [0, 0.05) is 12.3 Å². The van der Waals surface area contributed by atoms with E-state index in [1.54, 1.807) is 0 Å². The smallest absolute Gasteiger partial charge is 0.339 e. The number of nitrogens with zero attached hydrogens (tertiary/aromatic N) is 1. The van der Waals surface area contributed by atoms with Crippen LogP contribution in [0.1, 0.15) is 20.7 Å². The number of phenolic OH excluding ortho intramolecular Hbond substituents is 1. The summed E-state index contributed by atoms with van der Waals surface area (Å²) in [6, 6.07) is 5.68. The van der Waals surface area contributed by atoms with E-state index in [1.807, 2.05) is 0 Å². The zero-order valence-corrected chi connectivity index (χ0v) is 10.0. The molecule has 0 aliphatic rings. The van der Waals surface area contributed by atoms with Crippen LogP contribution < -0.4 is 5.32 Å². The fourth-order valence-corrected chi connectivity index (χ4v) is 1.54. The largest absolute Gasteiger partial charge is 0.508 e. The van der Waals surface area contributed by atoms with E-state index < -0.39 is 17.7 Å². The Hall–Kier alpha value is -2.96. The summed E-state index contributed by atoms with van der Waals surface area (Å²) in [6.07, 6.45) is 1.30. The Labute approximate surface area is 112 Å². The molecule has 20 heavy (non-hydrogen) atoms. The van der Waals surface area contributed by atoms with Crippen LogP contribution in [0.2, 0.25) is 0 Å². The molecule has 1 aromatic heterocycles. The first-order valence-corrected chi connectivity index (χ1v) is 5.47. The number of hydrogen-bond acceptors (Lipinski definition) is 4. The maximum atomic E-state index is 13.5. The molecule has 0 saturated heterocycles. The van der Waals surface area contributed by atoms with E-state index in [4.69, 9.17) is 10.2 Å². The molecule has 0 spiro atoms. The molecule has 6 nitrogen and oxygen atoms in total. The maximum Gasteiger partial charge on any atom is 0.339 e. The Morgan fingerprint density at radius 3 is 2.60 bits per heavy atom. The van der Waals surface area contributed by atoms with Crippen molar-refractivity contribution >= 4 is 17.7 Å². The van der Waals surface area contributed by atoms with Crippen LogP contribution in [0.4, 0.5) is 10.2 Å². The molecule has 1 aromatic carbocycles. The lowest BCUT2D eigenvalue weighted by Gasteiger charge is -2.07. The highest BCUT2D eigenvalue weighted by molar-refractivity contribution is 6.07. The third-order valence-corrected chi connectivity index (χ3v) is 2.47. The van der Waals surface area contributed by atoms with Gasteiger partial charge in [0.1, 0.15) is 22.9 Å². The predicted molar refractivity (Wildman–Crippen MR) is 67.2 cm³/mol. The normalized spacial score (nSPS) is 10.1. The first-order valence-electron chi connectivity index (χ1n) is 5.47. The van der Waals surface area contributed by atoms with Crippen molar-refractivity contribution in [2.75, 3.05) is 5.32 Å². The average molecular weight is 276 g/mol. The molecule has 0 aliphatic heterocycles. The minimum absolute atomic E-state index is 0.183. The van der Waals surface area contributed by atoms with Gasteiger partial charge in [-0.15, -0.1) is 0 Å². The van der Waals surface area contributed by atoms with Crippen molar-refractivity contribution in [1.82, 2.24) is 4.98 Å². The molecule has 0 saturated carbocycles. The number of amides is 1. The van der Waals surface area contributed by atoms with E-state index in [-0.39, 0.29) is 22.7 Å². The van der Waals surface area contributed by atoms with E-state index in [9.17, 15) is 14.0 Å². The molecule has 0 bridgehead atoms. The molecular formula is C13H9FN2O4. The number of halogens is 1. The van der Waals surface area contributed by atoms with E-state index in [1.165, 1.54) is 18.3 Å². The highest BCUT2D eigenvalue weighted by atomic mass is 19.1. The van der Waals surface area contributed by atoms with Crippen LogP contribution in [-0.4, -0.2) is 27.1 Å². The molecule has 7 heteroatoms. The molecule has 1 amide bonds. The third kappa shape index (κ3) is 2.72. The van der Waals surface area contributed by atoms with Crippen molar-refractivity contribution in [2.45, 2.75) is 0 Å². The van der Waals surface area contributed by atoms with Crippen molar-refractivity contribution < 1.29 is 24.2 Å². The fourth-order valence-electron chi connectivity index (χ4n) is 1.54. The van der Waals surface area contributed by atoms with Gasteiger partial charge in [0.05, 0.1) is 5.56 Å². The predicted octanol–water partition coefficient (Wildman–Crippen LogP) is 1.88. The van der Waals surface area contributed by atoms with Crippen LogP contribution in [0.25, 0.3) is 0 Å². The zero-order valence-electron chi connectivity index (χ0n) is 10.0. The van der Waals surface area contributed by atoms with Crippen molar-refractivity contribution in [3.05, 3.63) is 53.5 Å². The first kappa shape index (κ1) is 13.5. The molecule has 3 N–H and O–H groups in total. The van der Waals surface area contributed by atoms with Crippen molar-refractivity contribution in [2.24, 2.45) is 0 Å². The van der Waals surface area contributed by atoms with Crippen LogP contribution in [0.3, 0.4) is 0 Å². The van der Waals surface area contributed by atoms with Crippen LogP contribution in [0.5, 0.6) is 5.75 Å². The Kier molecular flexibility index (Phi) is 3.60. The average Bonchev–Trinajstić information content (AvgIpc) is 2.38. The fraction of sp³-hybridized carbons (Fsp3) is 0. The van der Waals surface area contributed by atoms with Gasteiger partial charge in [0.25, 0.3) is 5.91 Å². The van der Waals surface area contributed by atoms with Gasteiger partial charge in [-0.05, 0) is 24.3 Å². The molecule has 1 heterocycles. The molecular weight excluding hydrogens is 267 g/mol. The summed E-state index contributed by atoms with van der Waals surface area (Å²) in [5.74, 6) is -3.54. The number of hydrogen-bond donors (Lipinski definition) is 3. The molecule has 0 unspecified atom stereocenters. The van der Waals surface area contributed by atoms with Crippen molar-refractivity contribution in [3.8, 4) is 5.75 Å². The van der Waals surface area contributed by atoms with E-state index in [0.29, 0.717) is 0 Å². The number of nitrogens with one attached hydrogen (secondary N) is 1. The van der Waals surface area contributed by atoms with E-state index in [0.717, 1.165) is 18.2 Å². The second-order valence-electron chi connectivity index (χ2n) is 3.82. The SMILES string of the molecule is O=C(Nc1ncccc1C(=O)O)c1ccc(O)cc1F. The number of pyridine rings is 1. The Morgan fingerprint density at radius 1 is 1.20 bits per heavy atom. The van der Waals surface area contributed by atoms with Crippen LogP contribution in [0, 0.1) is 5.82 Å². The Bertz CT molecular complexity index is 688. The summed E-state index contributed by atoms with van der Waals surface area (Å²) in [7, 11) is 0. The summed E-state index contributed by atoms with van der Waals surface area (Å²) in [4.78, 5) is 26.5. The van der Waals surface area contributed by atoms with Crippen LogP contribution in [0.15, 0.2) is 36.5 Å². The third-order valence-electron chi connectivity index (χ3n) is 2.47. The standard InChI is InChI=1S/C13H9FN2O4/c14-10-6-7(17)3-4-8(10)12(18)16-11-9(13(19)20)2-1-5-15-11/h1-6,17H,(H,19,20)(H,15,16,18). The first-order chi connectivity index (χ1) is 9.49. The number of rotatable bonds is 3. The number of carboxylic acid groups (broad SMARTS) is 1. The minimum atomic E-state index is -1.26. The number of benzene rings is 1. The van der Waals surface area contributed by atoms with Gasteiger partial charge in [0.15, 0.2) is 0 Å². The summed E-state index contributed by atoms with van der Waals surface area (Å²) < 4.78 is 13.5. The number of carbonyl (C=O) groups is 2. The quantitative estimate of drug-likeness (QED) is 0.794. The zero-order chi connectivity index (χ0) is 14.7. The van der Waals surface area contributed by atoms with Gasteiger partial charge < -0.3 is 15.5 Å². The lowest BCUT2D eigenvalue weighted by molar-refractivity contribution is 0.0697. The van der Waals surface area contributed by atoms with E-state index in [2.05, 4.69) is 10.3 Å². The molecule has 2 rings (SSSR count). The number of aromatic nitrogens is 1. The lowest BCUT2D eigenvalue weighted by atomic mass is 10.2. The number of aromatic carboxylic acids is 1. The second kappa shape index (κ2) is 5.35. The number of phenols is 1. The number of carbonyl (C=O) groups excluding carboxylic acids is 1. The van der Waals surface area contributed by atoms with Crippen molar-refractivity contribution in [3.63, 3.8) is 0 Å². The van der Waals surface area contributed by atoms with Crippen LogP contribution in [-0.2, 0) is 0 Å². The van der Waals surface area contributed by atoms with Gasteiger partial charge in [0.2, 0.25) is 0 Å². The Morgan fingerprint density at radius 2 is 1.95 bits per heavy atom. The van der Waals surface area contributed by atoms with Crippen LogP contribution >= 0.6 is 0 Å². The molecule has 0 aliphatic carbocycles. The molecule has 0 radical (unpaired) electrons. The molecule has 0 fully saturated rings. The molecule has 0 atom stereocenters. The summed E-state index contributed by atoms with van der Waals surface area (Å²) in [5.41, 5.74) is -0.537. The number of carboxylic acids is 1.